The first-order chi connectivity index (χ1) is 11.7. The van der Waals surface area contributed by atoms with Crippen LogP contribution in [0.3, 0.4) is 0 Å². The molecule has 1 aromatic heterocycles. The highest BCUT2D eigenvalue weighted by Crippen LogP contribution is 2.28. The molecule has 0 bridgehead atoms. The summed E-state index contributed by atoms with van der Waals surface area (Å²) in [5.41, 5.74) is 10.1. The zero-order valence-electron chi connectivity index (χ0n) is 13.4. The van der Waals surface area contributed by atoms with Gasteiger partial charge in [-0.1, -0.05) is 30.4 Å². The van der Waals surface area contributed by atoms with Gasteiger partial charge >= 0.3 is 0 Å². The van der Waals surface area contributed by atoms with Crippen molar-refractivity contribution < 1.29 is 4.79 Å². The lowest BCUT2D eigenvalue weighted by Crippen LogP contribution is -2.26. The summed E-state index contributed by atoms with van der Waals surface area (Å²) in [6, 6.07) is 6.07. The topological polar surface area (TPSA) is 71.2 Å². The molecule has 2 aliphatic heterocycles. The molecule has 1 amide bonds. The molecule has 0 atom stereocenters. The Bertz CT molecular complexity index is 786. The molecule has 0 spiro atoms. The molecule has 0 saturated carbocycles. The van der Waals surface area contributed by atoms with Gasteiger partial charge in [0.25, 0.3) is 0 Å². The molecule has 0 radical (unpaired) electrons. The Balaban J connectivity index is 1.40. The fourth-order valence-corrected chi connectivity index (χ4v) is 4.22. The molecule has 3 heterocycles. The van der Waals surface area contributed by atoms with Crippen molar-refractivity contribution >= 4 is 34.1 Å². The molecule has 1 aromatic carbocycles. The van der Waals surface area contributed by atoms with Crippen molar-refractivity contribution in [3.8, 4) is 0 Å². The number of para-hydroxylation sites is 1. The fraction of sp³-hybridized carbons (Fsp3) is 0.333. The van der Waals surface area contributed by atoms with Crippen LogP contribution in [0.15, 0.2) is 24.3 Å². The van der Waals surface area contributed by atoms with E-state index in [-0.39, 0.29) is 5.91 Å². The maximum atomic E-state index is 11.6. The Labute approximate surface area is 145 Å². The Morgan fingerprint density at radius 3 is 3.12 bits per heavy atom. The number of amides is 1. The molecule has 6 heteroatoms. The van der Waals surface area contributed by atoms with Gasteiger partial charge in [0, 0.05) is 30.9 Å². The lowest BCUT2D eigenvalue weighted by atomic mass is 10.1. The normalized spacial score (nSPS) is 17.6. The summed E-state index contributed by atoms with van der Waals surface area (Å²) in [5.74, 6) is 0.0799. The number of carbonyl (C=O) groups excluding carboxylic acids is 1. The van der Waals surface area contributed by atoms with E-state index < -0.39 is 0 Å². The van der Waals surface area contributed by atoms with Crippen LogP contribution in [0.5, 0.6) is 0 Å². The van der Waals surface area contributed by atoms with Crippen molar-refractivity contribution in [2.45, 2.75) is 19.3 Å². The standard InChI is InChI=1S/C18H20N4OS/c19-18-20-14-6-9-22(10-7-15(14)24-18)8-2-5-12-3-1-4-13-11-16(23)21-17(12)13/h1-5H,6-11H2,(H2,19,20)(H,21,23). The number of nitrogens with one attached hydrogen (secondary N) is 1. The van der Waals surface area contributed by atoms with E-state index >= 15 is 0 Å². The number of thiazole rings is 1. The highest BCUT2D eigenvalue weighted by atomic mass is 32.1. The molecule has 3 N–H and O–H groups in total. The fourth-order valence-electron chi connectivity index (χ4n) is 3.36. The number of nitrogens with zero attached hydrogens (tertiary/aromatic N) is 2. The zero-order valence-corrected chi connectivity index (χ0v) is 14.2. The predicted molar refractivity (Wildman–Crippen MR) is 98.2 cm³/mol. The molecule has 2 aliphatic rings. The Kier molecular flexibility index (Phi) is 4.08. The number of anilines is 2. The van der Waals surface area contributed by atoms with E-state index in [0.29, 0.717) is 11.6 Å². The van der Waals surface area contributed by atoms with Crippen molar-refractivity contribution in [1.29, 1.82) is 0 Å². The van der Waals surface area contributed by atoms with Crippen LogP contribution in [-0.4, -0.2) is 35.4 Å². The molecule has 124 valence electrons. The SMILES string of the molecule is Nc1nc2c(s1)CCN(CC=Cc1cccc3c1NC(=O)C3)CC2. The van der Waals surface area contributed by atoms with Crippen molar-refractivity contribution in [2.75, 3.05) is 30.7 Å². The highest BCUT2D eigenvalue weighted by molar-refractivity contribution is 7.15. The van der Waals surface area contributed by atoms with Gasteiger partial charge in [0.15, 0.2) is 5.13 Å². The maximum Gasteiger partial charge on any atom is 0.228 e. The number of aromatic nitrogens is 1. The van der Waals surface area contributed by atoms with Gasteiger partial charge in [-0.05, 0) is 17.5 Å². The van der Waals surface area contributed by atoms with Gasteiger partial charge in [-0.2, -0.15) is 0 Å². The summed E-state index contributed by atoms with van der Waals surface area (Å²) in [5, 5.41) is 3.64. The Morgan fingerprint density at radius 1 is 1.33 bits per heavy atom. The summed E-state index contributed by atoms with van der Waals surface area (Å²) < 4.78 is 0. The highest BCUT2D eigenvalue weighted by Gasteiger charge is 2.19. The first kappa shape index (κ1) is 15.4. The van der Waals surface area contributed by atoms with E-state index in [4.69, 9.17) is 5.73 Å². The van der Waals surface area contributed by atoms with Crippen LogP contribution in [0.2, 0.25) is 0 Å². The number of nitrogens with two attached hydrogens (primary N) is 1. The maximum absolute atomic E-state index is 11.6. The minimum Gasteiger partial charge on any atom is -0.375 e. The first-order valence-corrected chi connectivity index (χ1v) is 9.05. The molecule has 0 fully saturated rings. The Hall–Kier alpha value is -2.18. The van der Waals surface area contributed by atoms with Gasteiger partial charge < -0.3 is 11.1 Å². The van der Waals surface area contributed by atoms with Crippen LogP contribution in [0.25, 0.3) is 6.08 Å². The molecule has 5 nitrogen and oxygen atoms in total. The number of carbonyl (C=O) groups is 1. The average molecular weight is 340 g/mol. The van der Waals surface area contributed by atoms with Crippen molar-refractivity contribution in [3.63, 3.8) is 0 Å². The van der Waals surface area contributed by atoms with E-state index in [1.165, 1.54) is 10.6 Å². The van der Waals surface area contributed by atoms with Gasteiger partial charge in [-0.25, -0.2) is 4.98 Å². The molecular formula is C18H20N4OS. The van der Waals surface area contributed by atoms with Gasteiger partial charge in [-0.15, -0.1) is 11.3 Å². The summed E-state index contributed by atoms with van der Waals surface area (Å²) in [4.78, 5) is 19.8. The second-order valence-corrected chi connectivity index (χ2v) is 7.35. The van der Waals surface area contributed by atoms with Crippen molar-refractivity contribution in [2.24, 2.45) is 0 Å². The number of hydrogen-bond donors (Lipinski definition) is 2. The minimum absolute atomic E-state index is 0.0799. The summed E-state index contributed by atoms with van der Waals surface area (Å²) in [6.45, 7) is 2.94. The lowest BCUT2D eigenvalue weighted by molar-refractivity contribution is -0.115. The largest absolute Gasteiger partial charge is 0.375 e. The van der Waals surface area contributed by atoms with Gasteiger partial charge in [0.1, 0.15) is 0 Å². The smallest absolute Gasteiger partial charge is 0.228 e. The van der Waals surface area contributed by atoms with Crippen LogP contribution < -0.4 is 11.1 Å². The van der Waals surface area contributed by atoms with E-state index in [0.717, 1.165) is 49.3 Å². The third-order valence-electron chi connectivity index (χ3n) is 4.57. The number of fused-ring (bicyclic) bond motifs is 2. The van der Waals surface area contributed by atoms with Crippen molar-refractivity contribution in [1.82, 2.24) is 9.88 Å². The molecule has 24 heavy (non-hydrogen) atoms. The van der Waals surface area contributed by atoms with Gasteiger partial charge in [0.05, 0.1) is 17.8 Å². The molecule has 2 aromatic rings. The monoisotopic (exact) mass is 340 g/mol. The predicted octanol–water partition coefficient (Wildman–Crippen LogP) is 2.33. The van der Waals surface area contributed by atoms with Crippen LogP contribution in [0.1, 0.15) is 21.7 Å². The quantitative estimate of drug-likeness (QED) is 0.900. The van der Waals surface area contributed by atoms with E-state index in [1.54, 1.807) is 11.3 Å². The van der Waals surface area contributed by atoms with E-state index in [1.807, 2.05) is 18.2 Å². The average Bonchev–Trinajstić information content (AvgIpc) is 3.06. The van der Waals surface area contributed by atoms with Crippen LogP contribution >= 0.6 is 11.3 Å². The third kappa shape index (κ3) is 3.07. The van der Waals surface area contributed by atoms with E-state index in [9.17, 15) is 4.79 Å². The molecular weight excluding hydrogens is 320 g/mol. The van der Waals surface area contributed by atoms with Crippen LogP contribution in [0.4, 0.5) is 10.8 Å². The number of nitrogen functional groups attached to an aromatic ring is 1. The second-order valence-electron chi connectivity index (χ2n) is 6.23. The third-order valence-corrected chi connectivity index (χ3v) is 5.56. The summed E-state index contributed by atoms with van der Waals surface area (Å²) >= 11 is 1.62. The molecule has 4 rings (SSSR count). The summed E-state index contributed by atoms with van der Waals surface area (Å²) in [6.07, 6.45) is 6.77. The molecule has 0 unspecified atom stereocenters. The first-order valence-electron chi connectivity index (χ1n) is 8.24. The van der Waals surface area contributed by atoms with Crippen LogP contribution in [0, 0.1) is 0 Å². The minimum atomic E-state index is 0.0799. The van der Waals surface area contributed by atoms with Gasteiger partial charge in [-0.3, -0.25) is 9.69 Å². The van der Waals surface area contributed by atoms with Crippen molar-refractivity contribution in [3.05, 3.63) is 46.0 Å². The number of hydrogen-bond acceptors (Lipinski definition) is 5. The zero-order chi connectivity index (χ0) is 16.5. The number of benzene rings is 1. The Morgan fingerprint density at radius 2 is 2.21 bits per heavy atom. The van der Waals surface area contributed by atoms with Gasteiger partial charge in [0.2, 0.25) is 5.91 Å². The van der Waals surface area contributed by atoms with E-state index in [2.05, 4.69) is 27.4 Å². The number of rotatable bonds is 3. The lowest BCUT2D eigenvalue weighted by Gasteiger charge is -2.17. The second kappa shape index (κ2) is 6.37. The molecule has 0 saturated heterocycles. The molecule has 0 aliphatic carbocycles. The van der Waals surface area contributed by atoms with Crippen LogP contribution in [-0.2, 0) is 24.1 Å². The summed E-state index contributed by atoms with van der Waals surface area (Å²) in [7, 11) is 0.